The first kappa shape index (κ1) is 15.5. The van der Waals surface area contributed by atoms with Gasteiger partial charge in [-0.3, -0.25) is 4.79 Å². The van der Waals surface area contributed by atoms with E-state index in [1.54, 1.807) is 0 Å². The molecule has 1 unspecified atom stereocenters. The van der Waals surface area contributed by atoms with Gasteiger partial charge in [0.05, 0.1) is 13.0 Å². The van der Waals surface area contributed by atoms with Gasteiger partial charge >= 0.3 is 5.97 Å². The van der Waals surface area contributed by atoms with E-state index in [2.05, 4.69) is 25.7 Å². The molecule has 0 spiro atoms. The molecule has 0 amide bonds. The molecular formula is C15H29NO2. The van der Waals surface area contributed by atoms with Crippen molar-refractivity contribution in [1.82, 2.24) is 4.90 Å². The van der Waals surface area contributed by atoms with Crippen LogP contribution in [0.5, 0.6) is 0 Å². The van der Waals surface area contributed by atoms with Crippen LogP contribution < -0.4 is 0 Å². The van der Waals surface area contributed by atoms with Crippen molar-refractivity contribution in [2.75, 3.05) is 26.2 Å². The lowest BCUT2D eigenvalue weighted by Crippen LogP contribution is -2.28. The summed E-state index contributed by atoms with van der Waals surface area (Å²) in [5.41, 5.74) is 0.414. The monoisotopic (exact) mass is 255 g/mol. The van der Waals surface area contributed by atoms with Crippen molar-refractivity contribution in [3.05, 3.63) is 0 Å². The Morgan fingerprint density at radius 2 is 2.00 bits per heavy atom. The van der Waals surface area contributed by atoms with Gasteiger partial charge in [0.25, 0.3) is 0 Å². The number of nitrogens with zero attached hydrogens (tertiary/aromatic N) is 1. The van der Waals surface area contributed by atoms with Crippen molar-refractivity contribution in [2.45, 2.75) is 53.4 Å². The predicted molar refractivity (Wildman–Crippen MR) is 74.5 cm³/mol. The molecule has 0 aromatic heterocycles. The second kappa shape index (κ2) is 7.13. The summed E-state index contributed by atoms with van der Waals surface area (Å²) in [7, 11) is 0. The normalized spacial score (nSPS) is 22.6. The third kappa shape index (κ3) is 5.38. The maximum atomic E-state index is 11.3. The molecule has 0 saturated carbocycles. The molecule has 0 aromatic rings. The fraction of sp³-hybridized carbons (Fsp3) is 0.933. The Labute approximate surface area is 112 Å². The Morgan fingerprint density at radius 3 is 2.61 bits per heavy atom. The van der Waals surface area contributed by atoms with Gasteiger partial charge in [-0.2, -0.15) is 0 Å². The van der Waals surface area contributed by atoms with Crippen LogP contribution in [0.3, 0.4) is 0 Å². The van der Waals surface area contributed by atoms with E-state index in [1.165, 1.54) is 19.3 Å². The minimum Gasteiger partial charge on any atom is -0.466 e. The minimum atomic E-state index is -0.0610. The van der Waals surface area contributed by atoms with E-state index < -0.39 is 0 Å². The average Bonchev–Trinajstić information content (AvgIpc) is 2.51. The van der Waals surface area contributed by atoms with Gasteiger partial charge in [-0.15, -0.1) is 0 Å². The molecule has 1 aliphatic rings. The van der Waals surface area contributed by atoms with E-state index in [0.29, 0.717) is 18.4 Å². The summed E-state index contributed by atoms with van der Waals surface area (Å²) >= 11 is 0. The second-order valence-electron chi connectivity index (χ2n) is 6.39. The number of carbonyl (C=O) groups is 1. The highest BCUT2D eigenvalue weighted by atomic mass is 16.5. The van der Waals surface area contributed by atoms with Crippen LogP contribution in [0.15, 0.2) is 0 Å². The quantitative estimate of drug-likeness (QED) is 0.723. The van der Waals surface area contributed by atoms with Crippen molar-refractivity contribution < 1.29 is 9.53 Å². The predicted octanol–water partition coefficient (Wildman–Crippen LogP) is 3.09. The molecule has 0 bridgehead atoms. The van der Waals surface area contributed by atoms with Gasteiger partial charge in [0.15, 0.2) is 0 Å². The molecule has 106 valence electrons. The molecule has 1 fully saturated rings. The molecule has 0 aromatic carbocycles. The van der Waals surface area contributed by atoms with Crippen molar-refractivity contribution in [2.24, 2.45) is 11.3 Å². The fourth-order valence-electron chi connectivity index (χ4n) is 2.73. The molecule has 18 heavy (non-hydrogen) atoms. The molecule has 1 rings (SSSR count). The van der Waals surface area contributed by atoms with Crippen LogP contribution in [0.25, 0.3) is 0 Å². The molecule has 1 heterocycles. The summed E-state index contributed by atoms with van der Waals surface area (Å²) in [4.78, 5) is 13.8. The van der Waals surface area contributed by atoms with Crippen molar-refractivity contribution in [3.63, 3.8) is 0 Å². The summed E-state index contributed by atoms with van der Waals surface area (Å²) in [5.74, 6) is 0.749. The van der Waals surface area contributed by atoms with Gasteiger partial charge in [-0.25, -0.2) is 0 Å². The van der Waals surface area contributed by atoms with Crippen molar-refractivity contribution >= 4 is 5.97 Å². The van der Waals surface area contributed by atoms with E-state index >= 15 is 0 Å². The van der Waals surface area contributed by atoms with Crippen molar-refractivity contribution in [3.8, 4) is 0 Å². The van der Waals surface area contributed by atoms with E-state index in [0.717, 1.165) is 25.6 Å². The Morgan fingerprint density at radius 1 is 1.28 bits per heavy atom. The first-order valence-electron chi connectivity index (χ1n) is 7.31. The molecule has 1 aliphatic heterocycles. The zero-order valence-electron chi connectivity index (χ0n) is 12.5. The van der Waals surface area contributed by atoms with Gasteiger partial charge in [-0.05, 0) is 50.6 Å². The van der Waals surface area contributed by atoms with Crippen LogP contribution in [0.2, 0.25) is 0 Å². The SMILES string of the molecule is CCOC(=O)CCN1CCCC(C(C)(C)C)CC1. The van der Waals surface area contributed by atoms with Gasteiger partial charge in [0, 0.05) is 6.54 Å². The molecule has 0 radical (unpaired) electrons. The van der Waals surface area contributed by atoms with E-state index in [4.69, 9.17) is 4.74 Å². The smallest absolute Gasteiger partial charge is 0.307 e. The van der Waals surface area contributed by atoms with Crippen LogP contribution in [-0.4, -0.2) is 37.1 Å². The van der Waals surface area contributed by atoms with Gasteiger partial charge in [0.1, 0.15) is 0 Å². The standard InChI is InChI=1S/C15H29NO2/c1-5-18-14(17)9-12-16-10-6-7-13(8-11-16)15(2,3)4/h13H,5-12H2,1-4H3. The van der Waals surface area contributed by atoms with Crippen LogP contribution >= 0.6 is 0 Å². The lowest BCUT2D eigenvalue weighted by molar-refractivity contribution is -0.143. The lowest BCUT2D eigenvalue weighted by Gasteiger charge is -2.29. The Hall–Kier alpha value is -0.570. The maximum Gasteiger partial charge on any atom is 0.307 e. The number of rotatable bonds is 4. The zero-order valence-corrected chi connectivity index (χ0v) is 12.5. The van der Waals surface area contributed by atoms with Crippen LogP contribution in [-0.2, 0) is 9.53 Å². The van der Waals surface area contributed by atoms with Crippen molar-refractivity contribution in [1.29, 1.82) is 0 Å². The minimum absolute atomic E-state index is 0.0610. The number of hydrogen-bond donors (Lipinski definition) is 0. The zero-order chi connectivity index (χ0) is 13.6. The molecular weight excluding hydrogens is 226 g/mol. The topological polar surface area (TPSA) is 29.5 Å². The molecule has 3 nitrogen and oxygen atoms in total. The van der Waals surface area contributed by atoms with Gasteiger partial charge < -0.3 is 9.64 Å². The summed E-state index contributed by atoms with van der Waals surface area (Å²) in [6.45, 7) is 12.5. The molecule has 0 N–H and O–H groups in total. The maximum absolute atomic E-state index is 11.3. The third-order valence-electron chi connectivity index (χ3n) is 3.98. The largest absolute Gasteiger partial charge is 0.466 e. The fourth-order valence-corrected chi connectivity index (χ4v) is 2.73. The molecule has 0 aliphatic carbocycles. The van der Waals surface area contributed by atoms with Crippen LogP contribution in [0.1, 0.15) is 53.4 Å². The average molecular weight is 255 g/mol. The summed E-state index contributed by atoms with van der Waals surface area (Å²) in [6.07, 6.45) is 4.37. The van der Waals surface area contributed by atoms with E-state index in [9.17, 15) is 4.79 Å². The summed E-state index contributed by atoms with van der Waals surface area (Å²) < 4.78 is 4.97. The number of ether oxygens (including phenoxy) is 1. The highest BCUT2D eigenvalue weighted by molar-refractivity contribution is 5.69. The highest BCUT2D eigenvalue weighted by Crippen LogP contribution is 2.34. The number of hydrogen-bond acceptors (Lipinski definition) is 3. The Balaban J connectivity index is 2.31. The summed E-state index contributed by atoms with van der Waals surface area (Å²) in [6, 6.07) is 0. The first-order chi connectivity index (χ1) is 8.43. The van der Waals surface area contributed by atoms with E-state index in [1.807, 2.05) is 6.92 Å². The van der Waals surface area contributed by atoms with E-state index in [-0.39, 0.29) is 5.97 Å². The summed E-state index contributed by atoms with van der Waals surface area (Å²) in [5, 5.41) is 0. The molecule has 1 atom stereocenters. The Bertz CT molecular complexity index is 258. The first-order valence-corrected chi connectivity index (χ1v) is 7.31. The number of esters is 1. The highest BCUT2D eigenvalue weighted by Gasteiger charge is 2.26. The second-order valence-corrected chi connectivity index (χ2v) is 6.39. The van der Waals surface area contributed by atoms with Gasteiger partial charge in [0.2, 0.25) is 0 Å². The number of carbonyl (C=O) groups excluding carboxylic acids is 1. The van der Waals surface area contributed by atoms with Gasteiger partial charge in [-0.1, -0.05) is 20.8 Å². The van der Waals surface area contributed by atoms with Crippen LogP contribution in [0.4, 0.5) is 0 Å². The number of likely N-dealkylation sites (tertiary alicyclic amines) is 1. The van der Waals surface area contributed by atoms with Crippen LogP contribution in [0, 0.1) is 11.3 Å². The molecule has 1 saturated heterocycles. The Kier molecular flexibility index (Phi) is 6.13. The third-order valence-corrected chi connectivity index (χ3v) is 3.98. The lowest BCUT2D eigenvalue weighted by atomic mass is 9.77. The molecule has 3 heteroatoms.